The van der Waals surface area contributed by atoms with Crippen LogP contribution in [0.2, 0.25) is 0 Å². The highest BCUT2D eigenvalue weighted by molar-refractivity contribution is 5.79. The maximum absolute atomic E-state index is 13.3. The maximum atomic E-state index is 13.3. The number of fused-ring (bicyclic) bond motifs is 1. The summed E-state index contributed by atoms with van der Waals surface area (Å²) in [5, 5.41) is 0. The van der Waals surface area contributed by atoms with Crippen molar-refractivity contribution in [2.75, 3.05) is 26.2 Å². The Hall–Kier alpha value is -2.17. The van der Waals surface area contributed by atoms with E-state index in [1.807, 2.05) is 0 Å². The molecule has 0 aromatic heterocycles. The highest BCUT2D eigenvalue weighted by Crippen LogP contribution is 2.33. The molecule has 0 bridgehead atoms. The zero-order chi connectivity index (χ0) is 21.0. The first-order valence-electron chi connectivity index (χ1n) is 12.0. The van der Waals surface area contributed by atoms with E-state index in [-0.39, 0.29) is 11.8 Å². The summed E-state index contributed by atoms with van der Waals surface area (Å²) in [5.41, 5.74) is 3.93. The van der Waals surface area contributed by atoms with Gasteiger partial charge in [-0.1, -0.05) is 67.4 Å². The van der Waals surface area contributed by atoms with Crippen LogP contribution in [-0.4, -0.2) is 54.1 Å². The fourth-order valence-corrected chi connectivity index (χ4v) is 5.56. The number of nitrogens with zero attached hydrogens (tertiary/aromatic N) is 2. The fourth-order valence-electron chi connectivity index (χ4n) is 5.56. The molecule has 0 spiro atoms. The molecule has 2 aromatic carbocycles. The van der Waals surface area contributed by atoms with Crippen molar-refractivity contribution < 1.29 is 9.53 Å². The second-order valence-electron chi connectivity index (χ2n) is 9.45. The quantitative estimate of drug-likeness (QED) is 0.712. The van der Waals surface area contributed by atoms with Crippen LogP contribution in [0.15, 0.2) is 54.6 Å². The summed E-state index contributed by atoms with van der Waals surface area (Å²) in [6.07, 6.45) is 8.09. The Kier molecular flexibility index (Phi) is 6.37. The van der Waals surface area contributed by atoms with Crippen LogP contribution >= 0.6 is 0 Å². The second kappa shape index (κ2) is 9.54. The number of hydrogen-bond acceptors (Lipinski definition) is 3. The molecule has 5 rings (SSSR count). The van der Waals surface area contributed by atoms with Crippen molar-refractivity contribution in [2.45, 2.75) is 63.2 Å². The van der Waals surface area contributed by atoms with Crippen molar-refractivity contribution in [3.8, 4) is 0 Å². The molecule has 1 unspecified atom stereocenters. The molecule has 2 aliphatic heterocycles. The molecule has 4 heteroatoms. The van der Waals surface area contributed by atoms with Crippen molar-refractivity contribution in [1.82, 2.24) is 9.80 Å². The molecule has 164 valence electrons. The zero-order valence-electron chi connectivity index (χ0n) is 18.4. The van der Waals surface area contributed by atoms with E-state index in [0.717, 1.165) is 39.0 Å². The zero-order valence-corrected chi connectivity index (χ0v) is 18.4. The summed E-state index contributed by atoms with van der Waals surface area (Å²) in [4.78, 5) is 17.7. The average Bonchev–Trinajstić information content (AvgIpc) is 3.33. The Balaban J connectivity index is 1.20. The number of ether oxygens (including phenoxy) is 1. The number of amides is 1. The SMILES string of the molecule is O=C(CN1CCC(OC2CCCC2)CC1)N1Cc2ccccc2C(c2ccccc2)C1. The normalized spacial score (nSPS) is 23.1. The van der Waals surface area contributed by atoms with Crippen LogP contribution in [0.3, 0.4) is 0 Å². The smallest absolute Gasteiger partial charge is 0.237 e. The average molecular weight is 419 g/mol. The third-order valence-corrected chi connectivity index (χ3v) is 7.33. The molecule has 3 aliphatic rings. The van der Waals surface area contributed by atoms with Gasteiger partial charge in [-0.15, -0.1) is 0 Å². The number of carbonyl (C=O) groups is 1. The first-order valence-corrected chi connectivity index (χ1v) is 12.0. The van der Waals surface area contributed by atoms with E-state index in [4.69, 9.17) is 4.74 Å². The molecule has 2 heterocycles. The van der Waals surface area contributed by atoms with E-state index >= 15 is 0 Å². The van der Waals surface area contributed by atoms with Gasteiger partial charge in [0.25, 0.3) is 0 Å². The first-order chi connectivity index (χ1) is 15.3. The van der Waals surface area contributed by atoms with Gasteiger partial charge in [-0.05, 0) is 42.4 Å². The van der Waals surface area contributed by atoms with Crippen molar-refractivity contribution in [2.24, 2.45) is 0 Å². The summed E-state index contributed by atoms with van der Waals surface area (Å²) in [6.45, 7) is 3.95. The number of hydrogen-bond donors (Lipinski definition) is 0. The second-order valence-corrected chi connectivity index (χ2v) is 9.45. The van der Waals surface area contributed by atoms with Gasteiger partial charge in [-0.2, -0.15) is 0 Å². The number of benzene rings is 2. The van der Waals surface area contributed by atoms with Crippen LogP contribution in [0.4, 0.5) is 0 Å². The van der Waals surface area contributed by atoms with E-state index in [2.05, 4.69) is 64.4 Å². The van der Waals surface area contributed by atoms with E-state index < -0.39 is 0 Å². The lowest BCUT2D eigenvalue weighted by molar-refractivity contribution is -0.134. The lowest BCUT2D eigenvalue weighted by Crippen LogP contribution is -2.47. The summed E-state index contributed by atoms with van der Waals surface area (Å²) >= 11 is 0. The van der Waals surface area contributed by atoms with Gasteiger partial charge in [-0.25, -0.2) is 0 Å². The number of rotatable bonds is 5. The predicted octanol–water partition coefficient (Wildman–Crippen LogP) is 4.58. The lowest BCUT2D eigenvalue weighted by atomic mass is 9.84. The molecule has 2 aromatic rings. The molecule has 0 N–H and O–H groups in total. The van der Waals surface area contributed by atoms with E-state index in [0.29, 0.717) is 18.8 Å². The van der Waals surface area contributed by atoms with Crippen LogP contribution in [0.5, 0.6) is 0 Å². The lowest BCUT2D eigenvalue weighted by Gasteiger charge is -2.37. The largest absolute Gasteiger partial charge is 0.375 e. The van der Waals surface area contributed by atoms with Crippen LogP contribution in [0.1, 0.15) is 61.1 Å². The number of piperidine rings is 1. The Morgan fingerprint density at radius 1 is 0.871 bits per heavy atom. The highest BCUT2D eigenvalue weighted by Gasteiger charge is 2.31. The summed E-state index contributed by atoms with van der Waals surface area (Å²) in [7, 11) is 0. The number of likely N-dealkylation sites (tertiary alicyclic amines) is 1. The third kappa shape index (κ3) is 4.86. The van der Waals surface area contributed by atoms with Gasteiger partial charge in [0.15, 0.2) is 0 Å². The minimum atomic E-state index is 0.251. The minimum Gasteiger partial charge on any atom is -0.375 e. The molecular weight excluding hydrogens is 384 g/mol. The van der Waals surface area contributed by atoms with Crippen molar-refractivity contribution >= 4 is 5.91 Å². The van der Waals surface area contributed by atoms with E-state index in [1.54, 1.807) is 0 Å². The number of carbonyl (C=O) groups excluding carboxylic acids is 1. The molecule has 1 amide bonds. The molecule has 1 atom stereocenters. The molecule has 4 nitrogen and oxygen atoms in total. The van der Waals surface area contributed by atoms with Crippen molar-refractivity contribution in [3.05, 3.63) is 71.3 Å². The van der Waals surface area contributed by atoms with Crippen molar-refractivity contribution in [1.29, 1.82) is 0 Å². The van der Waals surface area contributed by atoms with Gasteiger partial charge in [0, 0.05) is 32.1 Å². The predicted molar refractivity (Wildman–Crippen MR) is 123 cm³/mol. The van der Waals surface area contributed by atoms with E-state index in [1.165, 1.54) is 42.4 Å². The van der Waals surface area contributed by atoms with Crippen molar-refractivity contribution in [3.63, 3.8) is 0 Å². The van der Waals surface area contributed by atoms with Gasteiger partial charge >= 0.3 is 0 Å². The summed E-state index contributed by atoms with van der Waals surface area (Å²) in [5.74, 6) is 0.506. The van der Waals surface area contributed by atoms with E-state index in [9.17, 15) is 4.79 Å². The molecule has 1 aliphatic carbocycles. The molecule has 1 saturated heterocycles. The molecule has 31 heavy (non-hydrogen) atoms. The molecule has 2 fully saturated rings. The Morgan fingerprint density at radius 2 is 1.55 bits per heavy atom. The molecule has 0 radical (unpaired) electrons. The fraction of sp³-hybridized carbons (Fsp3) is 0.519. The third-order valence-electron chi connectivity index (χ3n) is 7.33. The summed E-state index contributed by atoms with van der Waals surface area (Å²) in [6, 6.07) is 19.2. The minimum absolute atomic E-state index is 0.251. The maximum Gasteiger partial charge on any atom is 0.237 e. The topological polar surface area (TPSA) is 32.8 Å². The Bertz CT molecular complexity index is 870. The highest BCUT2D eigenvalue weighted by atomic mass is 16.5. The molecular formula is C27H34N2O2. The van der Waals surface area contributed by atoms with Gasteiger partial charge in [0.2, 0.25) is 5.91 Å². The van der Waals surface area contributed by atoms with Crippen LogP contribution in [0.25, 0.3) is 0 Å². The standard InChI is InChI=1S/C27H34N2O2/c30-27(20-28-16-14-24(15-17-28)31-23-11-5-6-12-23)29-18-22-10-4-7-13-25(22)26(19-29)21-8-2-1-3-9-21/h1-4,7-10,13,23-24,26H,5-6,11-12,14-20H2. The van der Waals surface area contributed by atoms with Gasteiger partial charge < -0.3 is 9.64 Å². The van der Waals surface area contributed by atoms with Gasteiger partial charge in [0.05, 0.1) is 18.8 Å². The first kappa shape index (κ1) is 20.7. The van der Waals surface area contributed by atoms with Gasteiger partial charge in [0.1, 0.15) is 0 Å². The van der Waals surface area contributed by atoms with Crippen LogP contribution < -0.4 is 0 Å². The monoisotopic (exact) mass is 418 g/mol. The Labute approximate surface area is 186 Å². The van der Waals surface area contributed by atoms with Crippen LogP contribution in [-0.2, 0) is 16.1 Å². The Morgan fingerprint density at radius 3 is 2.32 bits per heavy atom. The van der Waals surface area contributed by atoms with Gasteiger partial charge in [-0.3, -0.25) is 9.69 Å². The summed E-state index contributed by atoms with van der Waals surface area (Å²) < 4.78 is 6.30. The van der Waals surface area contributed by atoms with Crippen LogP contribution in [0, 0.1) is 0 Å². The molecule has 1 saturated carbocycles.